The average molecular weight is 316 g/mol. The zero-order chi connectivity index (χ0) is 16.1. The molecule has 0 aliphatic rings. The van der Waals surface area contributed by atoms with Crippen LogP contribution in [0.4, 0.5) is 4.39 Å². The van der Waals surface area contributed by atoms with Gasteiger partial charge in [-0.3, -0.25) is 0 Å². The van der Waals surface area contributed by atoms with Gasteiger partial charge in [-0.2, -0.15) is 0 Å². The molecule has 120 valence electrons. The monoisotopic (exact) mass is 316 g/mol. The molecule has 0 bridgehead atoms. The second-order valence-corrected chi connectivity index (χ2v) is 7.07. The van der Waals surface area contributed by atoms with Gasteiger partial charge in [0.2, 0.25) is 10.0 Å². The highest BCUT2D eigenvalue weighted by Gasteiger charge is 2.29. The number of benzene rings is 1. The Kier molecular flexibility index (Phi) is 6.31. The first-order valence-corrected chi connectivity index (χ1v) is 8.79. The lowest BCUT2D eigenvalue weighted by Gasteiger charge is -2.27. The Morgan fingerprint density at radius 3 is 2.29 bits per heavy atom. The Morgan fingerprint density at radius 2 is 1.81 bits per heavy atom. The highest BCUT2D eigenvalue weighted by Crippen LogP contribution is 2.21. The fraction of sp³-hybridized carbons (Fsp3) is 0.600. The van der Waals surface area contributed by atoms with Crippen molar-refractivity contribution < 1.29 is 12.8 Å². The molecule has 6 heteroatoms. The van der Waals surface area contributed by atoms with Crippen molar-refractivity contribution in [1.29, 1.82) is 0 Å². The van der Waals surface area contributed by atoms with E-state index in [0.717, 1.165) is 12.1 Å². The van der Waals surface area contributed by atoms with Crippen molar-refractivity contribution >= 4 is 10.0 Å². The summed E-state index contributed by atoms with van der Waals surface area (Å²) >= 11 is 0. The molecule has 0 aromatic heterocycles. The summed E-state index contributed by atoms with van der Waals surface area (Å²) in [6.45, 7) is 8.87. The van der Waals surface area contributed by atoms with Crippen molar-refractivity contribution in [2.75, 3.05) is 6.54 Å². The molecule has 0 amide bonds. The maximum atomic E-state index is 14.1. The van der Waals surface area contributed by atoms with Crippen LogP contribution in [-0.4, -0.2) is 20.5 Å². The number of rotatable bonds is 8. The standard InChI is InChI=1S/C15H25FN2O2S/c1-5-15(4,6-2)18-21(19,20)14-9-8-12(10-13(14)16)11-17-7-3/h8-10,17-18H,5-7,11H2,1-4H3. The van der Waals surface area contributed by atoms with Gasteiger partial charge in [0.05, 0.1) is 0 Å². The molecule has 0 radical (unpaired) electrons. The molecule has 0 heterocycles. The number of hydrogen-bond donors (Lipinski definition) is 2. The van der Waals surface area contributed by atoms with Gasteiger partial charge >= 0.3 is 0 Å². The Morgan fingerprint density at radius 1 is 1.19 bits per heavy atom. The van der Waals surface area contributed by atoms with Crippen LogP contribution in [0.25, 0.3) is 0 Å². The fourth-order valence-corrected chi connectivity index (χ4v) is 3.53. The number of sulfonamides is 1. The van der Waals surface area contributed by atoms with Gasteiger partial charge in [0.1, 0.15) is 10.7 Å². The van der Waals surface area contributed by atoms with E-state index < -0.39 is 21.4 Å². The number of nitrogens with one attached hydrogen (secondary N) is 2. The van der Waals surface area contributed by atoms with E-state index in [1.165, 1.54) is 12.1 Å². The molecular weight excluding hydrogens is 291 g/mol. The molecule has 0 fully saturated rings. The van der Waals surface area contributed by atoms with Crippen molar-refractivity contribution in [3.8, 4) is 0 Å². The van der Waals surface area contributed by atoms with Gasteiger partial charge < -0.3 is 5.32 Å². The summed E-state index contributed by atoms with van der Waals surface area (Å²) in [6, 6.07) is 4.23. The zero-order valence-electron chi connectivity index (χ0n) is 13.2. The normalized spacial score (nSPS) is 12.6. The molecule has 1 rings (SSSR count). The van der Waals surface area contributed by atoms with Crippen molar-refractivity contribution in [3.63, 3.8) is 0 Å². The van der Waals surface area contributed by atoms with Crippen LogP contribution in [0, 0.1) is 5.82 Å². The van der Waals surface area contributed by atoms with Crippen molar-refractivity contribution in [2.24, 2.45) is 0 Å². The molecule has 1 aromatic carbocycles. The summed E-state index contributed by atoms with van der Waals surface area (Å²) in [5.74, 6) is -0.715. The van der Waals surface area contributed by atoms with E-state index in [1.54, 1.807) is 6.07 Å². The van der Waals surface area contributed by atoms with Gasteiger partial charge in [-0.05, 0) is 44.0 Å². The molecule has 0 spiro atoms. The third-order valence-corrected chi connectivity index (χ3v) is 5.48. The van der Waals surface area contributed by atoms with Crippen LogP contribution in [0.5, 0.6) is 0 Å². The van der Waals surface area contributed by atoms with Crippen LogP contribution >= 0.6 is 0 Å². The van der Waals surface area contributed by atoms with E-state index in [4.69, 9.17) is 0 Å². The lowest BCUT2D eigenvalue weighted by atomic mass is 9.98. The summed E-state index contributed by atoms with van der Waals surface area (Å²) in [5, 5.41) is 3.07. The minimum absolute atomic E-state index is 0.295. The molecule has 1 aromatic rings. The molecular formula is C15H25FN2O2S. The first kappa shape index (κ1) is 18.1. The molecule has 0 atom stereocenters. The van der Waals surface area contributed by atoms with Crippen LogP contribution < -0.4 is 10.0 Å². The number of hydrogen-bond acceptors (Lipinski definition) is 3. The fourth-order valence-electron chi connectivity index (χ4n) is 1.92. The van der Waals surface area contributed by atoms with E-state index in [0.29, 0.717) is 19.4 Å². The van der Waals surface area contributed by atoms with Crippen LogP contribution in [0.2, 0.25) is 0 Å². The summed E-state index contributed by atoms with van der Waals surface area (Å²) in [6.07, 6.45) is 1.28. The van der Waals surface area contributed by atoms with E-state index in [2.05, 4.69) is 10.0 Å². The lowest BCUT2D eigenvalue weighted by molar-refractivity contribution is 0.387. The number of halogens is 1. The van der Waals surface area contributed by atoms with Gasteiger partial charge in [0.15, 0.2) is 0 Å². The van der Waals surface area contributed by atoms with Gasteiger partial charge in [0, 0.05) is 12.1 Å². The molecule has 0 aliphatic heterocycles. The topological polar surface area (TPSA) is 58.2 Å². The van der Waals surface area contributed by atoms with Crippen LogP contribution in [0.1, 0.15) is 46.1 Å². The van der Waals surface area contributed by atoms with Gasteiger partial charge in [-0.1, -0.05) is 26.8 Å². The van der Waals surface area contributed by atoms with Gasteiger partial charge in [-0.15, -0.1) is 0 Å². The van der Waals surface area contributed by atoms with Crippen molar-refractivity contribution in [3.05, 3.63) is 29.6 Å². The van der Waals surface area contributed by atoms with E-state index in [-0.39, 0.29) is 4.90 Å². The van der Waals surface area contributed by atoms with Crippen LogP contribution in [0.3, 0.4) is 0 Å². The second-order valence-electron chi connectivity index (χ2n) is 5.42. The summed E-state index contributed by atoms with van der Waals surface area (Å²) in [5.41, 5.74) is 0.162. The Bertz CT molecular complexity index is 569. The maximum Gasteiger partial charge on any atom is 0.243 e. The lowest BCUT2D eigenvalue weighted by Crippen LogP contribution is -2.45. The third-order valence-electron chi connectivity index (χ3n) is 3.81. The first-order chi connectivity index (χ1) is 9.78. The first-order valence-electron chi connectivity index (χ1n) is 7.31. The highest BCUT2D eigenvalue weighted by molar-refractivity contribution is 7.89. The van der Waals surface area contributed by atoms with E-state index in [9.17, 15) is 12.8 Å². The minimum atomic E-state index is -3.86. The van der Waals surface area contributed by atoms with E-state index in [1.807, 2.05) is 27.7 Å². The van der Waals surface area contributed by atoms with Crippen LogP contribution in [-0.2, 0) is 16.6 Å². The SMILES string of the molecule is CCNCc1ccc(S(=O)(=O)NC(C)(CC)CC)c(F)c1. The Hall–Kier alpha value is -0.980. The second kappa shape index (κ2) is 7.33. The zero-order valence-corrected chi connectivity index (χ0v) is 14.0. The predicted molar refractivity (Wildman–Crippen MR) is 83.1 cm³/mol. The van der Waals surface area contributed by atoms with Gasteiger partial charge in [-0.25, -0.2) is 17.5 Å². The average Bonchev–Trinajstić information content (AvgIpc) is 2.44. The van der Waals surface area contributed by atoms with Gasteiger partial charge in [0.25, 0.3) is 0 Å². The minimum Gasteiger partial charge on any atom is -0.313 e. The Labute approximate surface area is 127 Å². The molecule has 0 unspecified atom stereocenters. The van der Waals surface area contributed by atoms with Crippen LogP contribution in [0.15, 0.2) is 23.1 Å². The highest BCUT2D eigenvalue weighted by atomic mass is 32.2. The molecule has 0 saturated carbocycles. The summed E-state index contributed by atoms with van der Waals surface area (Å²) in [4.78, 5) is -0.295. The third kappa shape index (κ3) is 4.76. The molecule has 4 nitrogen and oxygen atoms in total. The van der Waals surface area contributed by atoms with Crippen molar-refractivity contribution in [2.45, 2.75) is 57.5 Å². The maximum absolute atomic E-state index is 14.1. The molecule has 2 N–H and O–H groups in total. The van der Waals surface area contributed by atoms with Crippen molar-refractivity contribution in [1.82, 2.24) is 10.0 Å². The summed E-state index contributed by atoms with van der Waals surface area (Å²) < 4.78 is 41.4. The predicted octanol–water partition coefficient (Wildman–Crippen LogP) is 2.79. The largest absolute Gasteiger partial charge is 0.313 e. The molecule has 0 saturated heterocycles. The Balaban J connectivity index is 3.04. The van der Waals surface area contributed by atoms with E-state index >= 15 is 0 Å². The molecule has 21 heavy (non-hydrogen) atoms. The smallest absolute Gasteiger partial charge is 0.243 e. The molecule has 0 aliphatic carbocycles. The quantitative estimate of drug-likeness (QED) is 0.775. The summed E-state index contributed by atoms with van der Waals surface area (Å²) in [7, 11) is -3.86.